The largest absolute Gasteiger partial charge is 0.416 e. The topological polar surface area (TPSA) is 38.0 Å². The average molecular weight is 360 g/mol. The average Bonchev–Trinajstić information content (AvgIpc) is 3.10. The lowest BCUT2D eigenvalue weighted by Crippen LogP contribution is -2.32. The molecule has 0 radical (unpaired) electrons. The van der Waals surface area contributed by atoms with E-state index in [0.717, 1.165) is 18.6 Å². The summed E-state index contributed by atoms with van der Waals surface area (Å²) in [4.78, 5) is 0. The van der Waals surface area contributed by atoms with Crippen LogP contribution in [0.1, 0.15) is 35.7 Å². The lowest BCUT2D eigenvalue weighted by Gasteiger charge is -2.30. The molecule has 1 N–H and O–H groups in total. The van der Waals surface area contributed by atoms with Crippen LogP contribution in [0.4, 0.5) is 13.2 Å². The molecule has 0 aliphatic rings. The van der Waals surface area contributed by atoms with Gasteiger partial charge in [-0.05, 0) is 35.7 Å². The highest BCUT2D eigenvalue weighted by Crippen LogP contribution is 2.38. The molecule has 0 saturated heterocycles. The highest BCUT2D eigenvalue weighted by atomic mass is 19.4. The van der Waals surface area contributed by atoms with E-state index in [0.29, 0.717) is 23.4 Å². The first-order valence-corrected chi connectivity index (χ1v) is 8.35. The van der Waals surface area contributed by atoms with Gasteiger partial charge < -0.3 is 5.11 Å². The molecule has 3 nitrogen and oxygen atoms in total. The number of rotatable bonds is 5. The van der Waals surface area contributed by atoms with Gasteiger partial charge in [-0.3, -0.25) is 4.68 Å². The quantitative estimate of drug-likeness (QED) is 0.722. The number of aryl methyl sites for hydroxylation is 1. The SMILES string of the molecule is CCCn1nccc1C(O)(c1ccccc1)c1ccc(C(F)(F)F)cc1. The van der Waals surface area contributed by atoms with Gasteiger partial charge in [-0.25, -0.2) is 0 Å². The maximum atomic E-state index is 12.9. The third kappa shape index (κ3) is 3.24. The van der Waals surface area contributed by atoms with E-state index in [1.165, 1.54) is 12.1 Å². The van der Waals surface area contributed by atoms with E-state index in [9.17, 15) is 18.3 Å². The van der Waals surface area contributed by atoms with Crippen LogP contribution in [0.3, 0.4) is 0 Å². The van der Waals surface area contributed by atoms with Crippen molar-refractivity contribution in [3.05, 3.63) is 89.2 Å². The van der Waals surface area contributed by atoms with Gasteiger partial charge in [-0.1, -0.05) is 49.4 Å². The van der Waals surface area contributed by atoms with Gasteiger partial charge in [-0.2, -0.15) is 18.3 Å². The van der Waals surface area contributed by atoms with Crippen LogP contribution in [0.15, 0.2) is 66.9 Å². The molecule has 0 aliphatic heterocycles. The van der Waals surface area contributed by atoms with Gasteiger partial charge >= 0.3 is 6.18 Å². The first-order chi connectivity index (χ1) is 12.4. The third-order valence-electron chi connectivity index (χ3n) is 4.34. The smallest absolute Gasteiger partial charge is 0.374 e. The van der Waals surface area contributed by atoms with Crippen molar-refractivity contribution in [3.63, 3.8) is 0 Å². The molecule has 0 saturated carbocycles. The van der Waals surface area contributed by atoms with Crippen molar-refractivity contribution in [1.82, 2.24) is 9.78 Å². The Bertz CT molecular complexity index is 857. The second-order valence-corrected chi connectivity index (χ2v) is 6.09. The summed E-state index contributed by atoms with van der Waals surface area (Å²) in [6.45, 7) is 2.59. The molecule has 6 heteroatoms. The molecule has 0 spiro atoms. The van der Waals surface area contributed by atoms with Gasteiger partial charge in [0.2, 0.25) is 0 Å². The predicted octanol–water partition coefficient (Wildman–Crippen LogP) is 4.60. The molecule has 3 aromatic rings. The molecule has 136 valence electrons. The van der Waals surface area contributed by atoms with Crippen molar-refractivity contribution < 1.29 is 18.3 Å². The number of aromatic nitrogens is 2. The standard InChI is InChI=1S/C20H19F3N2O/c1-2-14-25-18(12-13-24-25)19(26,15-6-4-3-5-7-15)16-8-10-17(11-9-16)20(21,22)23/h3-13,26H,2,14H2,1H3. The van der Waals surface area contributed by atoms with Gasteiger partial charge in [0.1, 0.15) is 0 Å². The number of hydrogen-bond acceptors (Lipinski definition) is 2. The Labute approximate surface area is 149 Å². The Hall–Kier alpha value is -2.60. The third-order valence-corrected chi connectivity index (χ3v) is 4.34. The maximum Gasteiger partial charge on any atom is 0.416 e. The van der Waals surface area contributed by atoms with Crippen molar-refractivity contribution in [2.45, 2.75) is 31.7 Å². The van der Waals surface area contributed by atoms with Crippen LogP contribution in [0.25, 0.3) is 0 Å². The maximum absolute atomic E-state index is 12.9. The molecular weight excluding hydrogens is 341 g/mol. The number of hydrogen-bond donors (Lipinski definition) is 1. The summed E-state index contributed by atoms with van der Waals surface area (Å²) in [7, 11) is 0. The fraction of sp³-hybridized carbons (Fsp3) is 0.250. The van der Waals surface area contributed by atoms with Crippen LogP contribution in [-0.4, -0.2) is 14.9 Å². The van der Waals surface area contributed by atoms with Crippen molar-refractivity contribution >= 4 is 0 Å². The van der Waals surface area contributed by atoms with Gasteiger partial charge in [-0.15, -0.1) is 0 Å². The van der Waals surface area contributed by atoms with Gasteiger partial charge in [0.05, 0.1) is 11.3 Å². The van der Waals surface area contributed by atoms with Crippen LogP contribution >= 0.6 is 0 Å². The molecule has 3 rings (SSSR count). The Balaban J connectivity index is 2.17. The van der Waals surface area contributed by atoms with Crippen LogP contribution < -0.4 is 0 Å². The molecular formula is C20H19F3N2O. The predicted molar refractivity (Wildman–Crippen MR) is 92.5 cm³/mol. The molecule has 0 fully saturated rings. The minimum absolute atomic E-state index is 0.356. The van der Waals surface area contributed by atoms with Crippen LogP contribution in [0.5, 0.6) is 0 Å². The van der Waals surface area contributed by atoms with Crippen LogP contribution in [-0.2, 0) is 18.3 Å². The zero-order chi connectivity index (χ0) is 18.8. The fourth-order valence-corrected chi connectivity index (χ4v) is 3.07. The van der Waals surface area contributed by atoms with Gasteiger partial charge in [0.25, 0.3) is 0 Å². The molecule has 26 heavy (non-hydrogen) atoms. The normalized spacial score (nSPS) is 14.2. The lowest BCUT2D eigenvalue weighted by molar-refractivity contribution is -0.137. The first kappa shape index (κ1) is 18.2. The highest BCUT2D eigenvalue weighted by Gasteiger charge is 2.38. The fourth-order valence-electron chi connectivity index (χ4n) is 3.07. The lowest BCUT2D eigenvalue weighted by atomic mass is 9.83. The molecule has 1 aromatic heterocycles. The second kappa shape index (κ2) is 6.96. The summed E-state index contributed by atoms with van der Waals surface area (Å²) in [5, 5.41) is 15.9. The Morgan fingerprint density at radius 2 is 1.46 bits per heavy atom. The number of halogens is 3. The summed E-state index contributed by atoms with van der Waals surface area (Å²) >= 11 is 0. The van der Waals surface area contributed by atoms with E-state index in [4.69, 9.17) is 0 Å². The van der Waals surface area contributed by atoms with Crippen LogP contribution in [0, 0.1) is 0 Å². The Morgan fingerprint density at radius 3 is 2.04 bits per heavy atom. The van der Waals surface area contributed by atoms with E-state index >= 15 is 0 Å². The second-order valence-electron chi connectivity index (χ2n) is 6.09. The van der Waals surface area contributed by atoms with E-state index in [2.05, 4.69) is 5.10 Å². The Morgan fingerprint density at radius 1 is 0.885 bits per heavy atom. The van der Waals surface area contributed by atoms with Gasteiger partial charge in [0, 0.05) is 12.7 Å². The molecule has 0 amide bonds. The minimum Gasteiger partial charge on any atom is -0.374 e. The van der Waals surface area contributed by atoms with Crippen molar-refractivity contribution in [2.75, 3.05) is 0 Å². The Kier molecular flexibility index (Phi) is 4.87. The summed E-state index contributed by atoms with van der Waals surface area (Å²) in [5.74, 6) is 0. The number of aliphatic hydroxyl groups is 1. The zero-order valence-corrected chi connectivity index (χ0v) is 14.2. The summed E-state index contributed by atoms with van der Waals surface area (Å²) in [6, 6.07) is 15.2. The van der Waals surface area contributed by atoms with E-state index < -0.39 is 17.3 Å². The van der Waals surface area contributed by atoms with Crippen molar-refractivity contribution in [2.24, 2.45) is 0 Å². The van der Waals surface area contributed by atoms with E-state index in [-0.39, 0.29) is 0 Å². The summed E-state index contributed by atoms with van der Waals surface area (Å²) < 4.78 is 40.4. The number of nitrogens with zero attached hydrogens (tertiary/aromatic N) is 2. The molecule has 2 aromatic carbocycles. The zero-order valence-electron chi connectivity index (χ0n) is 14.2. The highest BCUT2D eigenvalue weighted by molar-refractivity contribution is 5.45. The number of alkyl halides is 3. The minimum atomic E-state index is -4.42. The molecule has 0 bridgehead atoms. The summed E-state index contributed by atoms with van der Waals surface area (Å²) in [6.07, 6.45) is -2.02. The van der Waals surface area contributed by atoms with Crippen molar-refractivity contribution in [3.8, 4) is 0 Å². The molecule has 1 atom stereocenters. The molecule has 0 aliphatic carbocycles. The monoisotopic (exact) mass is 360 g/mol. The van der Waals surface area contributed by atoms with E-state index in [1.54, 1.807) is 41.2 Å². The van der Waals surface area contributed by atoms with E-state index in [1.807, 2.05) is 13.0 Å². The number of benzene rings is 2. The molecule has 1 unspecified atom stereocenters. The molecule has 1 heterocycles. The summed E-state index contributed by atoms with van der Waals surface area (Å²) in [5.41, 5.74) is -0.909. The van der Waals surface area contributed by atoms with Gasteiger partial charge in [0.15, 0.2) is 5.60 Å². The van der Waals surface area contributed by atoms with Crippen molar-refractivity contribution in [1.29, 1.82) is 0 Å². The first-order valence-electron chi connectivity index (χ1n) is 8.35. The van der Waals surface area contributed by atoms with Crippen LogP contribution in [0.2, 0.25) is 0 Å².